The van der Waals surface area contributed by atoms with Gasteiger partial charge in [-0.3, -0.25) is 4.79 Å². The number of β-amino-alcohol motifs (C(OH)–C–C–N with tert-alkyl or cyclic N) is 1. The minimum atomic E-state index is -0.448. The van der Waals surface area contributed by atoms with Crippen LogP contribution < -0.4 is 5.32 Å². The smallest absolute Gasteiger partial charge is 0.223 e. The van der Waals surface area contributed by atoms with Gasteiger partial charge in [-0.1, -0.05) is 37.3 Å². The van der Waals surface area contributed by atoms with Crippen molar-refractivity contribution in [2.45, 2.75) is 32.3 Å². The van der Waals surface area contributed by atoms with Crippen molar-refractivity contribution in [3.63, 3.8) is 0 Å². The molecule has 1 atom stereocenters. The summed E-state index contributed by atoms with van der Waals surface area (Å²) in [4.78, 5) is 14.2. The number of carbonyl (C=O) groups is 1. The Morgan fingerprint density at radius 1 is 1.33 bits per heavy atom. The van der Waals surface area contributed by atoms with Crippen molar-refractivity contribution in [3.05, 3.63) is 35.9 Å². The summed E-state index contributed by atoms with van der Waals surface area (Å²) in [5.74, 6) is 0.335. The molecule has 2 rings (SSSR count). The van der Waals surface area contributed by atoms with Crippen molar-refractivity contribution in [2.24, 2.45) is 5.92 Å². The first-order valence-electron chi connectivity index (χ1n) is 7.93. The molecule has 1 fully saturated rings. The number of aliphatic hydroxyl groups excluding tert-OH is 1. The Labute approximate surface area is 127 Å². The second kappa shape index (κ2) is 8.15. The molecule has 1 aliphatic heterocycles. The fourth-order valence-electron chi connectivity index (χ4n) is 2.80. The SMILES string of the molecule is CCCNC(=O)C1CCN(C[C@H](O)c2ccccc2)CC1. The van der Waals surface area contributed by atoms with Gasteiger partial charge in [0.05, 0.1) is 6.10 Å². The predicted molar refractivity (Wildman–Crippen MR) is 83.9 cm³/mol. The number of rotatable bonds is 6. The maximum absolute atomic E-state index is 11.9. The van der Waals surface area contributed by atoms with Gasteiger partial charge in [0, 0.05) is 19.0 Å². The highest BCUT2D eigenvalue weighted by molar-refractivity contribution is 5.78. The first-order valence-corrected chi connectivity index (χ1v) is 7.93. The topological polar surface area (TPSA) is 52.6 Å². The molecule has 21 heavy (non-hydrogen) atoms. The standard InChI is InChI=1S/C17H26N2O2/c1-2-10-18-17(21)15-8-11-19(12-9-15)13-16(20)14-6-4-3-5-7-14/h3-7,15-16,20H,2,8-13H2,1H3,(H,18,21)/t16-/m0/s1. The van der Waals surface area contributed by atoms with Crippen LogP contribution in [-0.2, 0) is 4.79 Å². The van der Waals surface area contributed by atoms with E-state index in [1.807, 2.05) is 30.3 Å². The van der Waals surface area contributed by atoms with Crippen molar-refractivity contribution < 1.29 is 9.90 Å². The van der Waals surface area contributed by atoms with Gasteiger partial charge in [0.25, 0.3) is 0 Å². The molecule has 1 saturated heterocycles. The summed E-state index contributed by atoms with van der Waals surface area (Å²) in [5, 5.41) is 13.2. The van der Waals surface area contributed by atoms with Crippen LogP contribution in [0.3, 0.4) is 0 Å². The molecule has 1 aliphatic rings. The van der Waals surface area contributed by atoms with Gasteiger partial charge >= 0.3 is 0 Å². The third-order valence-electron chi connectivity index (χ3n) is 4.12. The maximum Gasteiger partial charge on any atom is 0.223 e. The number of piperidine rings is 1. The molecule has 0 radical (unpaired) electrons. The van der Waals surface area contributed by atoms with Gasteiger partial charge < -0.3 is 15.3 Å². The van der Waals surface area contributed by atoms with E-state index in [1.54, 1.807) is 0 Å². The van der Waals surface area contributed by atoms with E-state index in [9.17, 15) is 9.90 Å². The molecule has 0 aliphatic carbocycles. The van der Waals surface area contributed by atoms with Crippen LogP contribution in [0.5, 0.6) is 0 Å². The van der Waals surface area contributed by atoms with E-state index >= 15 is 0 Å². The van der Waals surface area contributed by atoms with Crippen molar-refractivity contribution in [1.82, 2.24) is 10.2 Å². The molecule has 1 aromatic carbocycles. The number of carbonyl (C=O) groups excluding carboxylic acids is 1. The average molecular weight is 290 g/mol. The maximum atomic E-state index is 11.9. The van der Waals surface area contributed by atoms with Crippen molar-refractivity contribution in [1.29, 1.82) is 0 Å². The minimum Gasteiger partial charge on any atom is -0.387 e. The molecular weight excluding hydrogens is 264 g/mol. The number of likely N-dealkylation sites (tertiary alicyclic amines) is 1. The molecule has 1 amide bonds. The Bertz CT molecular complexity index is 428. The van der Waals surface area contributed by atoms with Crippen LogP contribution in [-0.4, -0.2) is 42.1 Å². The highest BCUT2D eigenvalue weighted by Gasteiger charge is 2.25. The third kappa shape index (κ3) is 4.83. The molecule has 116 valence electrons. The normalized spacial score (nSPS) is 18.4. The molecule has 1 aromatic rings. The fourth-order valence-corrected chi connectivity index (χ4v) is 2.80. The van der Waals surface area contributed by atoms with E-state index in [4.69, 9.17) is 0 Å². The highest BCUT2D eigenvalue weighted by atomic mass is 16.3. The number of nitrogens with one attached hydrogen (secondary N) is 1. The van der Waals surface area contributed by atoms with E-state index in [0.29, 0.717) is 6.54 Å². The van der Waals surface area contributed by atoms with Crippen LogP contribution in [0.4, 0.5) is 0 Å². The number of hydrogen-bond acceptors (Lipinski definition) is 3. The van der Waals surface area contributed by atoms with Crippen LogP contribution in [0.15, 0.2) is 30.3 Å². The molecule has 0 saturated carbocycles. The van der Waals surface area contributed by atoms with Gasteiger partial charge in [-0.05, 0) is 37.9 Å². The zero-order chi connectivity index (χ0) is 15.1. The van der Waals surface area contributed by atoms with Crippen molar-refractivity contribution >= 4 is 5.91 Å². The third-order valence-corrected chi connectivity index (χ3v) is 4.12. The Morgan fingerprint density at radius 3 is 2.62 bits per heavy atom. The van der Waals surface area contributed by atoms with E-state index in [0.717, 1.165) is 44.5 Å². The quantitative estimate of drug-likeness (QED) is 0.842. The van der Waals surface area contributed by atoms with Crippen LogP contribution in [0.25, 0.3) is 0 Å². The first-order chi connectivity index (χ1) is 10.2. The molecule has 0 spiro atoms. The largest absolute Gasteiger partial charge is 0.387 e. The minimum absolute atomic E-state index is 0.140. The second-order valence-corrected chi connectivity index (χ2v) is 5.79. The molecule has 0 unspecified atom stereocenters. The lowest BCUT2D eigenvalue weighted by molar-refractivity contribution is -0.126. The summed E-state index contributed by atoms with van der Waals surface area (Å²) in [5.41, 5.74) is 0.959. The number of aliphatic hydroxyl groups is 1. The molecular formula is C17H26N2O2. The molecule has 1 heterocycles. The summed E-state index contributed by atoms with van der Waals surface area (Å²) in [6.45, 7) is 5.25. The molecule has 0 aromatic heterocycles. The molecule has 0 bridgehead atoms. The Balaban J connectivity index is 1.75. The van der Waals surface area contributed by atoms with Crippen molar-refractivity contribution in [2.75, 3.05) is 26.2 Å². The summed E-state index contributed by atoms with van der Waals surface area (Å²) >= 11 is 0. The van der Waals surface area contributed by atoms with Gasteiger partial charge in [-0.15, -0.1) is 0 Å². The molecule has 4 nitrogen and oxygen atoms in total. The van der Waals surface area contributed by atoms with E-state index in [1.165, 1.54) is 0 Å². The van der Waals surface area contributed by atoms with Gasteiger partial charge in [0.2, 0.25) is 5.91 Å². The van der Waals surface area contributed by atoms with Crippen LogP contribution in [0, 0.1) is 5.92 Å². The zero-order valence-corrected chi connectivity index (χ0v) is 12.8. The van der Waals surface area contributed by atoms with Gasteiger partial charge in [0.15, 0.2) is 0 Å². The number of hydrogen-bond donors (Lipinski definition) is 2. The summed E-state index contributed by atoms with van der Waals surface area (Å²) in [6, 6.07) is 9.76. The van der Waals surface area contributed by atoms with Crippen LogP contribution in [0.1, 0.15) is 37.9 Å². The lowest BCUT2D eigenvalue weighted by Crippen LogP contribution is -2.42. The van der Waals surface area contributed by atoms with Crippen molar-refractivity contribution in [3.8, 4) is 0 Å². The number of benzene rings is 1. The summed E-state index contributed by atoms with van der Waals surface area (Å²) in [7, 11) is 0. The Hall–Kier alpha value is -1.39. The van der Waals surface area contributed by atoms with Gasteiger partial charge in [-0.25, -0.2) is 0 Å². The molecule has 4 heteroatoms. The zero-order valence-electron chi connectivity index (χ0n) is 12.8. The lowest BCUT2D eigenvalue weighted by atomic mass is 9.95. The van der Waals surface area contributed by atoms with Gasteiger partial charge in [0.1, 0.15) is 0 Å². The molecule has 2 N–H and O–H groups in total. The lowest BCUT2D eigenvalue weighted by Gasteiger charge is -2.32. The van der Waals surface area contributed by atoms with Crippen LogP contribution >= 0.6 is 0 Å². The van der Waals surface area contributed by atoms with Crippen LogP contribution in [0.2, 0.25) is 0 Å². The second-order valence-electron chi connectivity index (χ2n) is 5.79. The van der Waals surface area contributed by atoms with E-state index < -0.39 is 6.10 Å². The number of amides is 1. The van der Waals surface area contributed by atoms with E-state index in [2.05, 4.69) is 17.1 Å². The predicted octanol–water partition coefficient (Wildman–Crippen LogP) is 1.96. The first kappa shape index (κ1) is 16.0. The highest BCUT2D eigenvalue weighted by Crippen LogP contribution is 2.20. The Kier molecular flexibility index (Phi) is 6.21. The monoisotopic (exact) mass is 290 g/mol. The summed E-state index contributed by atoms with van der Waals surface area (Å²) < 4.78 is 0. The van der Waals surface area contributed by atoms with Gasteiger partial charge in [-0.2, -0.15) is 0 Å². The number of nitrogens with zero attached hydrogens (tertiary/aromatic N) is 1. The fraction of sp³-hybridized carbons (Fsp3) is 0.588. The average Bonchev–Trinajstić information content (AvgIpc) is 2.54. The van der Waals surface area contributed by atoms with E-state index in [-0.39, 0.29) is 11.8 Å². The summed E-state index contributed by atoms with van der Waals surface area (Å²) in [6.07, 6.45) is 2.30. The Morgan fingerprint density at radius 2 is 2.00 bits per heavy atom.